The van der Waals surface area contributed by atoms with E-state index in [1.54, 1.807) is 11.8 Å². The normalized spacial score (nSPS) is 12.5. The number of rotatable bonds is 2. The van der Waals surface area contributed by atoms with E-state index in [4.69, 9.17) is 4.42 Å². The van der Waals surface area contributed by atoms with E-state index in [9.17, 15) is 4.79 Å². The second-order valence-corrected chi connectivity index (χ2v) is 9.65. The van der Waals surface area contributed by atoms with Crippen molar-refractivity contribution in [1.82, 2.24) is 0 Å². The molecule has 4 heteroatoms. The van der Waals surface area contributed by atoms with Gasteiger partial charge in [0.1, 0.15) is 5.58 Å². The van der Waals surface area contributed by atoms with Crippen LogP contribution in [0.5, 0.6) is 0 Å². The van der Waals surface area contributed by atoms with Gasteiger partial charge in [0, 0.05) is 20.9 Å². The molecule has 0 saturated carbocycles. The van der Waals surface area contributed by atoms with Gasteiger partial charge in [0.15, 0.2) is 0 Å². The molecule has 1 aromatic heterocycles. The lowest BCUT2D eigenvalue weighted by Crippen LogP contribution is -2.14. The largest absolute Gasteiger partial charge is 0.422 e. The molecule has 6 aromatic rings. The molecule has 0 N–H and O–H groups in total. The minimum Gasteiger partial charge on any atom is -0.422 e. The third kappa shape index (κ3) is 3.26. The lowest BCUT2D eigenvalue weighted by molar-refractivity contribution is 0.570. The number of hydrogen-bond donors (Lipinski definition) is 0. The lowest BCUT2D eigenvalue weighted by atomic mass is 10.0. The lowest BCUT2D eigenvalue weighted by Gasteiger charge is -2.32. The highest BCUT2D eigenvalue weighted by Crippen LogP contribution is 2.51. The molecule has 0 amide bonds. The molecule has 1 aliphatic rings. The Bertz CT molecular complexity index is 1760. The van der Waals surface area contributed by atoms with Crippen LogP contribution in [0.1, 0.15) is 0 Å². The minimum atomic E-state index is -0.305. The van der Waals surface area contributed by atoms with E-state index in [1.807, 2.05) is 36.4 Å². The van der Waals surface area contributed by atoms with Gasteiger partial charge in [-0.3, -0.25) is 0 Å². The van der Waals surface area contributed by atoms with Gasteiger partial charge in [0.05, 0.1) is 16.8 Å². The highest BCUT2D eigenvalue weighted by atomic mass is 32.2. The van der Waals surface area contributed by atoms with E-state index >= 15 is 0 Å². The van der Waals surface area contributed by atoms with Gasteiger partial charge in [0.25, 0.3) is 0 Å². The van der Waals surface area contributed by atoms with E-state index in [0.29, 0.717) is 11.0 Å². The van der Waals surface area contributed by atoms with Crippen LogP contribution in [0.15, 0.2) is 134 Å². The standard InChI is InChI=1S/C31H19NO2S/c33-31-25-8-2-1-7-23(25)24-18-15-21(19-28(24)34-31)20-13-16-22(17-14-20)32-26-9-3-5-11-29(26)35-30-12-6-4-10-27(30)32/h1-19H. The third-order valence-corrected chi connectivity index (χ3v) is 7.64. The van der Waals surface area contributed by atoms with Crippen LogP contribution in [-0.4, -0.2) is 0 Å². The maximum absolute atomic E-state index is 12.5. The summed E-state index contributed by atoms with van der Waals surface area (Å²) in [6, 6.07) is 39.2. The predicted octanol–water partition coefficient (Wildman–Crippen LogP) is 8.55. The number of hydrogen-bond acceptors (Lipinski definition) is 4. The quantitative estimate of drug-likeness (QED) is 0.188. The Balaban J connectivity index is 1.32. The number of fused-ring (bicyclic) bond motifs is 5. The SMILES string of the molecule is O=c1oc2cc(-c3ccc(N4c5ccccc5Sc5ccccc54)cc3)ccc2c2ccccc12. The molecule has 0 aliphatic carbocycles. The van der Waals surface area contributed by atoms with Crippen LogP contribution < -0.4 is 10.5 Å². The molecule has 1 aliphatic heterocycles. The van der Waals surface area contributed by atoms with Gasteiger partial charge < -0.3 is 9.32 Å². The van der Waals surface area contributed by atoms with Crippen molar-refractivity contribution in [2.24, 2.45) is 0 Å². The third-order valence-electron chi connectivity index (χ3n) is 6.51. The molecule has 0 spiro atoms. The zero-order valence-corrected chi connectivity index (χ0v) is 19.5. The first kappa shape index (κ1) is 20.1. The van der Waals surface area contributed by atoms with E-state index in [-0.39, 0.29) is 5.63 Å². The van der Waals surface area contributed by atoms with Crippen molar-refractivity contribution < 1.29 is 4.42 Å². The molecule has 0 fully saturated rings. The van der Waals surface area contributed by atoms with Gasteiger partial charge in [0.2, 0.25) is 0 Å². The van der Waals surface area contributed by atoms with Crippen molar-refractivity contribution in [3.8, 4) is 11.1 Å². The first-order valence-electron chi connectivity index (χ1n) is 11.5. The molecular weight excluding hydrogens is 450 g/mol. The van der Waals surface area contributed by atoms with Crippen LogP contribution in [-0.2, 0) is 0 Å². The molecule has 0 atom stereocenters. The Hall–Kier alpha value is -4.28. The summed E-state index contributed by atoms with van der Waals surface area (Å²) in [7, 11) is 0. The van der Waals surface area contributed by atoms with Gasteiger partial charge in [-0.1, -0.05) is 72.4 Å². The Morgan fingerprint density at radius 2 is 1.17 bits per heavy atom. The van der Waals surface area contributed by atoms with E-state index < -0.39 is 0 Å². The van der Waals surface area contributed by atoms with Gasteiger partial charge >= 0.3 is 5.63 Å². The van der Waals surface area contributed by atoms with Crippen LogP contribution >= 0.6 is 11.8 Å². The summed E-state index contributed by atoms with van der Waals surface area (Å²) >= 11 is 1.81. The zero-order valence-electron chi connectivity index (χ0n) is 18.6. The molecule has 0 radical (unpaired) electrons. The van der Waals surface area contributed by atoms with Crippen molar-refractivity contribution in [2.75, 3.05) is 4.90 Å². The van der Waals surface area contributed by atoms with Crippen molar-refractivity contribution in [3.63, 3.8) is 0 Å². The Kier molecular flexibility index (Phi) is 4.54. The molecule has 2 heterocycles. The summed E-state index contributed by atoms with van der Waals surface area (Å²) in [4.78, 5) is 17.3. The summed E-state index contributed by atoms with van der Waals surface area (Å²) in [5.41, 5.74) is 5.85. The maximum atomic E-state index is 12.5. The minimum absolute atomic E-state index is 0.305. The molecule has 3 nitrogen and oxygen atoms in total. The highest BCUT2D eigenvalue weighted by molar-refractivity contribution is 7.99. The monoisotopic (exact) mass is 469 g/mol. The van der Waals surface area contributed by atoms with Crippen LogP contribution in [0, 0.1) is 0 Å². The van der Waals surface area contributed by atoms with Crippen molar-refractivity contribution in [3.05, 3.63) is 126 Å². The van der Waals surface area contributed by atoms with Crippen molar-refractivity contribution >= 4 is 50.6 Å². The molecule has 7 rings (SSSR count). The molecule has 0 bridgehead atoms. The van der Waals surface area contributed by atoms with Crippen molar-refractivity contribution in [2.45, 2.75) is 9.79 Å². The van der Waals surface area contributed by atoms with Gasteiger partial charge in [-0.15, -0.1) is 0 Å². The summed E-state index contributed by atoms with van der Waals surface area (Å²) in [5.74, 6) is 0. The van der Waals surface area contributed by atoms with Crippen LogP contribution in [0.25, 0.3) is 32.9 Å². The van der Waals surface area contributed by atoms with Gasteiger partial charge in [-0.05, 0) is 71.1 Å². The smallest absolute Gasteiger partial charge is 0.344 e. The zero-order chi connectivity index (χ0) is 23.4. The highest BCUT2D eigenvalue weighted by Gasteiger charge is 2.24. The Morgan fingerprint density at radius 1 is 0.571 bits per heavy atom. The molecule has 0 unspecified atom stereocenters. The number of anilines is 3. The van der Waals surface area contributed by atoms with Gasteiger partial charge in [-0.25, -0.2) is 4.79 Å². The number of benzene rings is 5. The predicted molar refractivity (Wildman–Crippen MR) is 144 cm³/mol. The van der Waals surface area contributed by atoms with E-state index in [2.05, 4.69) is 83.8 Å². The first-order chi connectivity index (χ1) is 17.3. The van der Waals surface area contributed by atoms with Crippen molar-refractivity contribution in [1.29, 1.82) is 0 Å². The second-order valence-electron chi connectivity index (χ2n) is 8.57. The van der Waals surface area contributed by atoms with E-state index in [0.717, 1.165) is 27.6 Å². The van der Waals surface area contributed by atoms with Gasteiger partial charge in [-0.2, -0.15) is 0 Å². The first-order valence-corrected chi connectivity index (χ1v) is 12.3. The average Bonchev–Trinajstić information content (AvgIpc) is 2.92. The number of para-hydroxylation sites is 2. The number of nitrogens with zero attached hydrogens (tertiary/aromatic N) is 1. The topological polar surface area (TPSA) is 33.5 Å². The summed E-state index contributed by atoms with van der Waals surface area (Å²) < 4.78 is 5.67. The second kappa shape index (κ2) is 7.90. The van der Waals surface area contributed by atoms with Crippen LogP contribution in [0.4, 0.5) is 17.1 Å². The fourth-order valence-corrected chi connectivity index (χ4v) is 5.90. The fourth-order valence-electron chi connectivity index (χ4n) is 4.85. The maximum Gasteiger partial charge on any atom is 0.344 e. The molecular formula is C31H19NO2S. The molecule has 0 saturated heterocycles. The molecule has 35 heavy (non-hydrogen) atoms. The van der Waals surface area contributed by atoms with E-state index in [1.165, 1.54) is 21.2 Å². The fraction of sp³-hybridized carbons (Fsp3) is 0. The molecule has 5 aromatic carbocycles. The summed E-state index contributed by atoms with van der Waals surface area (Å²) in [6.07, 6.45) is 0. The van der Waals surface area contributed by atoms with Crippen LogP contribution in [0.3, 0.4) is 0 Å². The summed E-state index contributed by atoms with van der Waals surface area (Å²) in [5, 5.41) is 2.47. The Labute approximate surface area is 206 Å². The summed E-state index contributed by atoms with van der Waals surface area (Å²) in [6.45, 7) is 0. The Morgan fingerprint density at radius 3 is 1.89 bits per heavy atom. The van der Waals surface area contributed by atoms with Crippen LogP contribution in [0.2, 0.25) is 0 Å². The average molecular weight is 470 g/mol. The molecule has 166 valence electrons.